The molecule has 1 atom stereocenters. The normalized spacial score (nSPS) is 13.5. The molecule has 0 aliphatic heterocycles. The Morgan fingerprint density at radius 2 is 2.23 bits per heavy atom. The van der Waals surface area contributed by atoms with E-state index in [-0.39, 0.29) is 0 Å². The van der Waals surface area contributed by atoms with Gasteiger partial charge in [-0.15, -0.1) is 0 Å². The van der Waals surface area contributed by atoms with Gasteiger partial charge in [-0.3, -0.25) is 4.68 Å². The van der Waals surface area contributed by atoms with E-state index in [0.717, 1.165) is 10.9 Å². The van der Waals surface area contributed by atoms with Gasteiger partial charge < -0.3 is 0 Å². The Balaban J connectivity index is 2.80. The van der Waals surface area contributed by atoms with Crippen LogP contribution in [-0.2, 0) is 7.05 Å². The maximum absolute atomic E-state index is 13.2. The first-order valence-corrected chi connectivity index (χ1v) is 4.25. The number of aromatic nitrogens is 2. The molecule has 68 valence electrons. The molecule has 0 fully saturated rings. The molecule has 1 aromatic heterocycles. The van der Waals surface area contributed by atoms with Crippen molar-refractivity contribution in [3.63, 3.8) is 0 Å². The van der Waals surface area contributed by atoms with Crippen LogP contribution in [0.2, 0.25) is 0 Å². The summed E-state index contributed by atoms with van der Waals surface area (Å²) < 4.78 is 14.9. The van der Waals surface area contributed by atoms with Crippen LogP contribution in [0.25, 0.3) is 10.9 Å². The zero-order chi connectivity index (χ0) is 9.42. The van der Waals surface area contributed by atoms with Gasteiger partial charge in [0.1, 0.15) is 6.17 Å². The number of aryl methyl sites for hydroxylation is 1. The molecule has 0 saturated heterocycles. The van der Waals surface area contributed by atoms with Gasteiger partial charge >= 0.3 is 0 Å². The summed E-state index contributed by atoms with van der Waals surface area (Å²) in [4.78, 5) is 0. The second kappa shape index (κ2) is 2.83. The van der Waals surface area contributed by atoms with Gasteiger partial charge in [0.25, 0.3) is 0 Å². The number of hydrogen-bond donors (Lipinski definition) is 0. The molecule has 2 nitrogen and oxygen atoms in total. The molecule has 13 heavy (non-hydrogen) atoms. The summed E-state index contributed by atoms with van der Waals surface area (Å²) >= 11 is 0. The molecule has 3 heteroatoms. The first-order valence-electron chi connectivity index (χ1n) is 4.25. The molecular formula is C10H11FN2. The minimum Gasteiger partial charge on any atom is -0.268 e. The second-order valence-corrected chi connectivity index (χ2v) is 3.17. The third kappa shape index (κ3) is 1.20. The standard InChI is InChI=1S/C10H11FN2/c1-7(11)9-5-3-4-8-6-12-13(2)10(8)9/h3-7H,1-2H3. The first kappa shape index (κ1) is 8.23. The van der Waals surface area contributed by atoms with Crippen molar-refractivity contribution in [3.8, 4) is 0 Å². The molecule has 0 saturated carbocycles. The predicted molar refractivity (Wildman–Crippen MR) is 50.2 cm³/mol. The number of fused-ring (bicyclic) bond motifs is 1. The molecule has 0 radical (unpaired) electrons. The van der Waals surface area contributed by atoms with Crippen molar-refractivity contribution < 1.29 is 4.39 Å². The lowest BCUT2D eigenvalue weighted by Gasteiger charge is -2.05. The second-order valence-electron chi connectivity index (χ2n) is 3.17. The van der Waals surface area contributed by atoms with Crippen LogP contribution in [0.15, 0.2) is 24.4 Å². The lowest BCUT2D eigenvalue weighted by molar-refractivity contribution is 0.375. The number of para-hydroxylation sites is 1. The monoisotopic (exact) mass is 178 g/mol. The van der Waals surface area contributed by atoms with Crippen molar-refractivity contribution in [2.24, 2.45) is 7.05 Å². The van der Waals surface area contributed by atoms with E-state index in [1.807, 2.05) is 19.2 Å². The number of halogens is 1. The SMILES string of the molecule is CC(F)c1cccc2cnn(C)c12. The Labute approximate surface area is 76.0 Å². The molecule has 0 aliphatic rings. The molecule has 1 unspecified atom stereocenters. The highest BCUT2D eigenvalue weighted by molar-refractivity contribution is 5.82. The smallest absolute Gasteiger partial charge is 0.124 e. The van der Waals surface area contributed by atoms with Gasteiger partial charge in [0.05, 0.1) is 11.7 Å². The largest absolute Gasteiger partial charge is 0.268 e. The van der Waals surface area contributed by atoms with Gasteiger partial charge in [0, 0.05) is 18.0 Å². The molecule has 2 aromatic rings. The zero-order valence-electron chi connectivity index (χ0n) is 7.66. The molecule has 0 N–H and O–H groups in total. The number of rotatable bonds is 1. The predicted octanol–water partition coefficient (Wildman–Crippen LogP) is 2.60. The maximum atomic E-state index is 13.2. The fourth-order valence-corrected chi connectivity index (χ4v) is 1.59. The van der Waals surface area contributed by atoms with Gasteiger partial charge in [-0.2, -0.15) is 5.10 Å². The highest BCUT2D eigenvalue weighted by atomic mass is 19.1. The lowest BCUT2D eigenvalue weighted by Crippen LogP contribution is -1.95. The fourth-order valence-electron chi connectivity index (χ4n) is 1.59. The minimum absolute atomic E-state index is 0.706. The molecule has 2 rings (SSSR count). The molecule has 1 heterocycles. The van der Waals surface area contributed by atoms with Crippen molar-refractivity contribution in [1.82, 2.24) is 9.78 Å². The number of alkyl halides is 1. The van der Waals surface area contributed by atoms with Crippen LogP contribution in [-0.4, -0.2) is 9.78 Å². The summed E-state index contributed by atoms with van der Waals surface area (Å²) in [5.74, 6) is 0. The van der Waals surface area contributed by atoms with Crippen LogP contribution < -0.4 is 0 Å². The Kier molecular flexibility index (Phi) is 1.79. The summed E-state index contributed by atoms with van der Waals surface area (Å²) in [5, 5.41) is 5.08. The van der Waals surface area contributed by atoms with E-state index < -0.39 is 6.17 Å². The summed E-state index contributed by atoms with van der Waals surface area (Å²) in [6.07, 6.45) is 0.806. The van der Waals surface area contributed by atoms with E-state index in [1.54, 1.807) is 23.9 Å². The number of nitrogens with zero attached hydrogens (tertiary/aromatic N) is 2. The zero-order valence-corrected chi connectivity index (χ0v) is 7.66. The first-order chi connectivity index (χ1) is 6.20. The van der Waals surface area contributed by atoms with E-state index in [2.05, 4.69) is 5.10 Å². The van der Waals surface area contributed by atoms with Gasteiger partial charge in [0.15, 0.2) is 0 Å². The Bertz CT molecular complexity index is 431. The van der Waals surface area contributed by atoms with Crippen molar-refractivity contribution in [1.29, 1.82) is 0 Å². The van der Waals surface area contributed by atoms with Gasteiger partial charge in [-0.25, -0.2) is 4.39 Å². The van der Waals surface area contributed by atoms with E-state index >= 15 is 0 Å². The average Bonchev–Trinajstić information content (AvgIpc) is 2.48. The third-order valence-corrected chi connectivity index (χ3v) is 2.22. The third-order valence-electron chi connectivity index (χ3n) is 2.22. The van der Waals surface area contributed by atoms with Crippen LogP contribution in [0.1, 0.15) is 18.7 Å². The molecular weight excluding hydrogens is 167 g/mol. The van der Waals surface area contributed by atoms with Crippen LogP contribution in [0.3, 0.4) is 0 Å². The Hall–Kier alpha value is -1.38. The molecule has 0 bridgehead atoms. The minimum atomic E-state index is -0.945. The summed E-state index contributed by atoms with van der Waals surface area (Å²) in [7, 11) is 1.83. The average molecular weight is 178 g/mol. The summed E-state index contributed by atoms with van der Waals surface area (Å²) in [6.45, 7) is 1.54. The van der Waals surface area contributed by atoms with E-state index in [0.29, 0.717) is 5.56 Å². The fraction of sp³-hybridized carbons (Fsp3) is 0.300. The Morgan fingerprint density at radius 1 is 1.46 bits per heavy atom. The molecule has 0 aliphatic carbocycles. The van der Waals surface area contributed by atoms with Crippen LogP contribution in [0.5, 0.6) is 0 Å². The van der Waals surface area contributed by atoms with Crippen molar-refractivity contribution in [2.45, 2.75) is 13.1 Å². The van der Waals surface area contributed by atoms with Crippen LogP contribution in [0, 0.1) is 0 Å². The van der Waals surface area contributed by atoms with Crippen molar-refractivity contribution in [2.75, 3.05) is 0 Å². The van der Waals surface area contributed by atoms with Crippen LogP contribution >= 0.6 is 0 Å². The maximum Gasteiger partial charge on any atom is 0.124 e. The van der Waals surface area contributed by atoms with Gasteiger partial charge in [-0.1, -0.05) is 18.2 Å². The van der Waals surface area contributed by atoms with E-state index in [1.165, 1.54) is 0 Å². The van der Waals surface area contributed by atoms with Crippen molar-refractivity contribution in [3.05, 3.63) is 30.0 Å². The summed E-state index contributed by atoms with van der Waals surface area (Å²) in [5.41, 5.74) is 1.59. The molecule has 0 spiro atoms. The van der Waals surface area contributed by atoms with Gasteiger partial charge in [-0.05, 0) is 6.92 Å². The summed E-state index contributed by atoms with van der Waals surface area (Å²) in [6, 6.07) is 5.60. The molecule has 1 aromatic carbocycles. The van der Waals surface area contributed by atoms with E-state index in [9.17, 15) is 4.39 Å². The van der Waals surface area contributed by atoms with Gasteiger partial charge in [0.2, 0.25) is 0 Å². The molecule has 0 amide bonds. The lowest BCUT2D eigenvalue weighted by atomic mass is 10.1. The number of benzene rings is 1. The van der Waals surface area contributed by atoms with E-state index in [4.69, 9.17) is 0 Å². The quantitative estimate of drug-likeness (QED) is 0.656. The van der Waals surface area contributed by atoms with Crippen molar-refractivity contribution >= 4 is 10.9 Å². The topological polar surface area (TPSA) is 17.8 Å². The highest BCUT2D eigenvalue weighted by Gasteiger charge is 2.10. The van der Waals surface area contributed by atoms with Crippen LogP contribution in [0.4, 0.5) is 4.39 Å². The number of hydrogen-bond acceptors (Lipinski definition) is 1. The highest BCUT2D eigenvalue weighted by Crippen LogP contribution is 2.25. The Morgan fingerprint density at radius 3 is 2.92 bits per heavy atom.